The van der Waals surface area contributed by atoms with Crippen LogP contribution < -0.4 is 4.90 Å². The van der Waals surface area contributed by atoms with Crippen LogP contribution in [-0.2, 0) is 10.4 Å². The van der Waals surface area contributed by atoms with Crippen LogP contribution in [-0.4, -0.2) is 21.8 Å². The number of amides is 2. The highest BCUT2D eigenvalue weighted by Crippen LogP contribution is 2.41. The number of carbonyl (C=O) groups is 2. The van der Waals surface area contributed by atoms with Gasteiger partial charge < -0.3 is 5.11 Å². The van der Waals surface area contributed by atoms with Crippen LogP contribution in [0.25, 0.3) is 0 Å². The van der Waals surface area contributed by atoms with E-state index in [1.807, 2.05) is 0 Å². The number of imide groups is 1. The van der Waals surface area contributed by atoms with Gasteiger partial charge in [0.05, 0.1) is 5.69 Å². The molecule has 0 fully saturated rings. The first-order valence-corrected chi connectivity index (χ1v) is 7.91. The maximum absolute atomic E-state index is 13.9. The Labute approximate surface area is 147 Å². The zero-order chi connectivity index (χ0) is 17.6. The van der Waals surface area contributed by atoms with E-state index in [2.05, 4.69) is 0 Å². The zero-order valence-electron chi connectivity index (χ0n) is 12.5. The summed E-state index contributed by atoms with van der Waals surface area (Å²) >= 11 is 11.7. The van der Waals surface area contributed by atoms with Gasteiger partial charge in [-0.3, -0.25) is 9.59 Å². The summed E-state index contributed by atoms with van der Waals surface area (Å²) in [5.74, 6) is -2.28. The fraction of sp³-hybridized carbons (Fsp3) is 0.176. The van der Waals surface area contributed by atoms with Gasteiger partial charge in [-0.2, -0.15) is 0 Å². The molecule has 0 aromatic heterocycles. The molecule has 0 saturated carbocycles. The van der Waals surface area contributed by atoms with Gasteiger partial charge in [0.1, 0.15) is 10.7 Å². The summed E-state index contributed by atoms with van der Waals surface area (Å²) in [6.07, 6.45) is 0. The lowest BCUT2D eigenvalue weighted by Gasteiger charge is -2.39. The van der Waals surface area contributed by atoms with Crippen LogP contribution in [0.2, 0.25) is 0 Å². The van der Waals surface area contributed by atoms with Crippen molar-refractivity contribution in [1.82, 2.24) is 0 Å². The summed E-state index contributed by atoms with van der Waals surface area (Å²) in [4.78, 5) is 24.9. The molecular weight excluding hydrogens is 356 g/mol. The number of halogens is 3. The van der Waals surface area contributed by atoms with Crippen molar-refractivity contribution in [2.75, 3.05) is 4.90 Å². The number of hydrogen-bond acceptors (Lipinski definition) is 3. The Bertz CT molecular complexity index is 855. The molecule has 1 N–H and O–H groups in total. The molecule has 2 amide bonds. The number of aliphatic hydroxyl groups is 1. The highest BCUT2D eigenvalue weighted by Gasteiger charge is 2.54. The second-order valence-corrected chi connectivity index (χ2v) is 6.54. The Morgan fingerprint density at radius 1 is 1.12 bits per heavy atom. The predicted molar refractivity (Wildman–Crippen MR) is 88.8 cm³/mol. The largest absolute Gasteiger partial charge is 0.373 e. The van der Waals surface area contributed by atoms with Crippen molar-refractivity contribution in [1.29, 1.82) is 0 Å². The summed E-state index contributed by atoms with van der Waals surface area (Å²) in [5, 5.41) is 10.9. The Kier molecular flexibility index (Phi) is 4.11. The molecule has 7 heteroatoms. The van der Waals surface area contributed by atoms with Crippen molar-refractivity contribution in [2.24, 2.45) is 0 Å². The molecule has 1 aliphatic heterocycles. The molecule has 1 heterocycles. The topological polar surface area (TPSA) is 57.6 Å². The molecule has 1 unspecified atom stereocenters. The normalized spacial score (nSPS) is 20.5. The highest BCUT2D eigenvalue weighted by atomic mass is 35.5. The Hall–Kier alpha value is -1.95. The Morgan fingerprint density at radius 3 is 2.46 bits per heavy atom. The molecule has 2 aromatic rings. The van der Waals surface area contributed by atoms with Crippen LogP contribution in [0.4, 0.5) is 10.1 Å². The number of benzene rings is 2. The number of carbonyl (C=O) groups excluding carboxylic acids is 2. The van der Waals surface area contributed by atoms with Crippen molar-refractivity contribution in [2.45, 2.75) is 17.4 Å². The van der Waals surface area contributed by atoms with Crippen LogP contribution in [0.5, 0.6) is 0 Å². The summed E-state index contributed by atoms with van der Waals surface area (Å²) in [5.41, 5.74) is -2.07. The first kappa shape index (κ1) is 16.9. The van der Waals surface area contributed by atoms with Gasteiger partial charge in [-0.25, -0.2) is 9.29 Å². The molecule has 2 aromatic carbocycles. The second-order valence-electron chi connectivity index (χ2n) is 5.44. The van der Waals surface area contributed by atoms with Crippen molar-refractivity contribution in [3.63, 3.8) is 0 Å². The third-order valence-electron chi connectivity index (χ3n) is 4.10. The molecule has 3 rings (SSSR count). The standard InChI is InChI=1S/C17H12Cl2FNO3/c1-9-12(20)7-4-8-13(9)21-14(22)10-5-2-3-6-11(10)17(24,15(18)19)16(21)23/h2-8,15,24H,1H3. The minimum Gasteiger partial charge on any atom is -0.373 e. The number of alkyl halides is 2. The Morgan fingerprint density at radius 2 is 1.79 bits per heavy atom. The van der Waals surface area contributed by atoms with Crippen LogP contribution in [0.1, 0.15) is 21.5 Å². The third kappa shape index (κ3) is 2.24. The second kappa shape index (κ2) is 5.84. The van der Waals surface area contributed by atoms with E-state index in [9.17, 15) is 19.1 Å². The van der Waals surface area contributed by atoms with Gasteiger partial charge in [0.15, 0.2) is 0 Å². The van der Waals surface area contributed by atoms with Gasteiger partial charge in [-0.15, -0.1) is 23.2 Å². The lowest BCUT2D eigenvalue weighted by atomic mass is 9.85. The van der Waals surface area contributed by atoms with E-state index < -0.39 is 28.1 Å². The van der Waals surface area contributed by atoms with Gasteiger partial charge in [0, 0.05) is 16.7 Å². The zero-order valence-corrected chi connectivity index (χ0v) is 14.0. The maximum atomic E-state index is 13.9. The first-order chi connectivity index (χ1) is 11.3. The smallest absolute Gasteiger partial charge is 0.273 e. The van der Waals surface area contributed by atoms with Crippen molar-refractivity contribution >= 4 is 40.7 Å². The third-order valence-corrected chi connectivity index (χ3v) is 4.73. The number of nitrogens with zero attached hydrogens (tertiary/aromatic N) is 1. The maximum Gasteiger partial charge on any atom is 0.273 e. The average Bonchev–Trinajstić information content (AvgIpc) is 2.56. The van der Waals surface area contributed by atoms with Crippen LogP contribution in [0.3, 0.4) is 0 Å². The van der Waals surface area contributed by atoms with Gasteiger partial charge in [0.25, 0.3) is 11.8 Å². The Balaban J connectivity index is 2.29. The molecule has 0 bridgehead atoms. The average molecular weight is 368 g/mol. The molecular formula is C17H12Cl2FNO3. The van der Waals surface area contributed by atoms with Crippen LogP contribution in [0, 0.1) is 12.7 Å². The summed E-state index contributed by atoms with van der Waals surface area (Å²) in [6.45, 7) is 1.43. The van der Waals surface area contributed by atoms with Crippen LogP contribution in [0.15, 0.2) is 42.5 Å². The number of fused-ring (bicyclic) bond motifs is 1. The minimum absolute atomic E-state index is 0.0281. The molecule has 0 aliphatic carbocycles. The summed E-state index contributed by atoms with van der Waals surface area (Å²) in [6, 6.07) is 10.0. The van der Waals surface area contributed by atoms with E-state index >= 15 is 0 Å². The number of rotatable bonds is 2. The van der Waals surface area contributed by atoms with E-state index in [0.29, 0.717) is 0 Å². The highest BCUT2D eigenvalue weighted by molar-refractivity contribution is 6.47. The molecule has 1 aliphatic rings. The van der Waals surface area contributed by atoms with Crippen molar-refractivity contribution in [3.05, 3.63) is 65.0 Å². The fourth-order valence-electron chi connectivity index (χ4n) is 2.77. The van der Waals surface area contributed by atoms with Gasteiger partial charge in [-0.1, -0.05) is 24.3 Å². The molecule has 0 radical (unpaired) electrons. The molecule has 124 valence electrons. The van der Waals surface area contributed by atoms with Gasteiger partial charge in [0.2, 0.25) is 5.60 Å². The number of hydrogen-bond donors (Lipinski definition) is 1. The summed E-state index contributed by atoms with van der Waals surface area (Å²) < 4.78 is 13.9. The molecule has 1 atom stereocenters. The molecule has 24 heavy (non-hydrogen) atoms. The van der Waals surface area contributed by atoms with E-state index in [4.69, 9.17) is 23.2 Å². The van der Waals surface area contributed by atoms with Crippen molar-refractivity contribution in [3.8, 4) is 0 Å². The number of anilines is 1. The predicted octanol–water partition coefficient (Wildman–Crippen LogP) is 3.31. The first-order valence-electron chi connectivity index (χ1n) is 7.04. The van der Waals surface area contributed by atoms with E-state index in [-0.39, 0.29) is 22.4 Å². The lowest BCUT2D eigenvalue weighted by Crippen LogP contribution is -2.57. The van der Waals surface area contributed by atoms with E-state index in [1.165, 1.54) is 37.3 Å². The van der Waals surface area contributed by atoms with Gasteiger partial charge >= 0.3 is 0 Å². The van der Waals surface area contributed by atoms with Crippen molar-refractivity contribution < 1.29 is 19.1 Å². The molecule has 0 saturated heterocycles. The monoisotopic (exact) mass is 367 g/mol. The van der Waals surface area contributed by atoms with Gasteiger partial charge in [-0.05, 0) is 25.1 Å². The SMILES string of the molecule is Cc1c(F)cccc1N1C(=O)c2ccccc2C(O)(C(Cl)Cl)C1=O. The van der Waals surface area contributed by atoms with Crippen LogP contribution >= 0.6 is 23.2 Å². The quantitative estimate of drug-likeness (QED) is 0.654. The van der Waals surface area contributed by atoms with E-state index in [0.717, 1.165) is 4.90 Å². The molecule has 0 spiro atoms. The minimum atomic E-state index is -2.31. The molecule has 4 nitrogen and oxygen atoms in total. The van der Waals surface area contributed by atoms with E-state index in [1.54, 1.807) is 12.1 Å². The fourth-order valence-corrected chi connectivity index (χ4v) is 3.19. The lowest BCUT2D eigenvalue weighted by molar-refractivity contribution is -0.136. The summed E-state index contributed by atoms with van der Waals surface area (Å²) in [7, 11) is 0.